The van der Waals surface area contributed by atoms with Gasteiger partial charge in [0.2, 0.25) is 0 Å². The molecule has 1 atom stereocenters. The van der Waals surface area contributed by atoms with Crippen LogP contribution in [0.4, 0.5) is 0 Å². The second-order valence-corrected chi connectivity index (χ2v) is 5.87. The van der Waals surface area contributed by atoms with Crippen LogP contribution in [-0.2, 0) is 6.54 Å². The number of likely N-dealkylation sites (N-methyl/N-ethyl adjacent to an activating group) is 1. The monoisotopic (exact) mass is 252 g/mol. The van der Waals surface area contributed by atoms with E-state index in [1.165, 1.54) is 0 Å². The van der Waals surface area contributed by atoms with Crippen LogP contribution in [0.1, 0.15) is 26.0 Å². The largest absolute Gasteiger partial charge is 0.468 e. The van der Waals surface area contributed by atoms with Crippen LogP contribution in [0.15, 0.2) is 22.8 Å². The van der Waals surface area contributed by atoms with Crippen LogP contribution in [-0.4, -0.2) is 53.2 Å². The van der Waals surface area contributed by atoms with E-state index in [9.17, 15) is 5.11 Å². The van der Waals surface area contributed by atoms with Gasteiger partial charge in [0.05, 0.1) is 19.4 Å². The molecule has 0 aromatic carbocycles. The van der Waals surface area contributed by atoms with Gasteiger partial charge in [-0.25, -0.2) is 0 Å². The number of hydrogen-bond acceptors (Lipinski definition) is 4. The normalized spacial score (nSPS) is 26.1. The van der Waals surface area contributed by atoms with Crippen molar-refractivity contribution in [3.05, 3.63) is 24.2 Å². The van der Waals surface area contributed by atoms with E-state index in [0.29, 0.717) is 0 Å². The molecule has 1 aliphatic rings. The molecular formula is C14H24N2O2. The van der Waals surface area contributed by atoms with E-state index in [1.54, 1.807) is 6.26 Å². The molecule has 0 bridgehead atoms. The Hall–Kier alpha value is -0.840. The molecular weight excluding hydrogens is 228 g/mol. The highest BCUT2D eigenvalue weighted by Gasteiger charge is 2.36. The Morgan fingerprint density at radius 2 is 2.28 bits per heavy atom. The summed E-state index contributed by atoms with van der Waals surface area (Å²) in [5.74, 6) is 0.964. The van der Waals surface area contributed by atoms with Crippen LogP contribution in [0.5, 0.6) is 0 Å². The van der Waals surface area contributed by atoms with Crippen molar-refractivity contribution in [3.63, 3.8) is 0 Å². The molecule has 102 valence electrons. The molecule has 1 aromatic heterocycles. The van der Waals surface area contributed by atoms with Crippen molar-refractivity contribution in [1.82, 2.24) is 9.80 Å². The SMILES string of the molecule is CN1CCC(C)(C)N(Cc2ccco2)C(CO)C1. The van der Waals surface area contributed by atoms with Crippen LogP contribution >= 0.6 is 0 Å². The maximum Gasteiger partial charge on any atom is 0.117 e. The minimum absolute atomic E-state index is 0.0744. The summed E-state index contributed by atoms with van der Waals surface area (Å²) in [4.78, 5) is 4.67. The second-order valence-electron chi connectivity index (χ2n) is 5.87. The van der Waals surface area contributed by atoms with Gasteiger partial charge in [0, 0.05) is 18.1 Å². The molecule has 4 heteroatoms. The molecule has 18 heavy (non-hydrogen) atoms. The van der Waals surface area contributed by atoms with E-state index >= 15 is 0 Å². The lowest BCUT2D eigenvalue weighted by Gasteiger charge is -2.40. The van der Waals surface area contributed by atoms with E-state index < -0.39 is 0 Å². The van der Waals surface area contributed by atoms with Crippen LogP contribution in [0.25, 0.3) is 0 Å². The van der Waals surface area contributed by atoms with Crippen molar-refractivity contribution in [2.75, 3.05) is 26.7 Å². The van der Waals surface area contributed by atoms with Crippen molar-refractivity contribution in [2.24, 2.45) is 0 Å². The van der Waals surface area contributed by atoms with Crippen molar-refractivity contribution in [1.29, 1.82) is 0 Å². The molecule has 4 nitrogen and oxygen atoms in total. The number of hydrogen-bond donors (Lipinski definition) is 1. The number of nitrogens with zero attached hydrogens (tertiary/aromatic N) is 2. The highest BCUT2D eigenvalue weighted by atomic mass is 16.3. The van der Waals surface area contributed by atoms with Crippen LogP contribution in [0.3, 0.4) is 0 Å². The Morgan fingerprint density at radius 1 is 1.50 bits per heavy atom. The summed E-state index contributed by atoms with van der Waals surface area (Å²) in [5, 5.41) is 9.67. The van der Waals surface area contributed by atoms with Crippen molar-refractivity contribution >= 4 is 0 Å². The number of aliphatic hydroxyl groups is 1. The summed E-state index contributed by atoms with van der Waals surface area (Å²) in [6, 6.07) is 4.08. The third-order valence-electron chi connectivity index (χ3n) is 3.96. The fraction of sp³-hybridized carbons (Fsp3) is 0.714. The molecule has 0 amide bonds. The lowest BCUT2D eigenvalue weighted by atomic mass is 9.96. The highest BCUT2D eigenvalue weighted by Crippen LogP contribution is 2.27. The van der Waals surface area contributed by atoms with E-state index in [-0.39, 0.29) is 18.2 Å². The molecule has 1 aromatic rings. The van der Waals surface area contributed by atoms with E-state index in [0.717, 1.165) is 31.8 Å². The third kappa shape index (κ3) is 2.94. The first-order chi connectivity index (χ1) is 8.53. The van der Waals surface area contributed by atoms with E-state index in [1.807, 2.05) is 12.1 Å². The second kappa shape index (κ2) is 5.43. The zero-order valence-corrected chi connectivity index (χ0v) is 11.6. The molecule has 1 N–H and O–H groups in total. The lowest BCUT2D eigenvalue weighted by molar-refractivity contribution is 0.0289. The van der Waals surface area contributed by atoms with Gasteiger partial charge < -0.3 is 14.4 Å². The highest BCUT2D eigenvalue weighted by molar-refractivity contribution is 5.01. The smallest absolute Gasteiger partial charge is 0.117 e. The molecule has 0 spiro atoms. The molecule has 1 aliphatic heterocycles. The molecule has 0 aliphatic carbocycles. The molecule has 0 saturated carbocycles. The van der Waals surface area contributed by atoms with Gasteiger partial charge in [-0.3, -0.25) is 4.90 Å². The van der Waals surface area contributed by atoms with Crippen molar-refractivity contribution in [2.45, 2.75) is 38.4 Å². The number of aliphatic hydroxyl groups excluding tert-OH is 1. The first-order valence-electron chi connectivity index (χ1n) is 6.61. The molecule has 1 fully saturated rings. The molecule has 1 saturated heterocycles. The summed E-state index contributed by atoms with van der Waals surface area (Å²) < 4.78 is 5.45. The fourth-order valence-electron chi connectivity index (χ4n) is 2.72. The standard InChI is InChI=1S/C14H24N2O2/c1-14(2)6-7-15(3)9-12(11-17)16(14)10-13-5-4-8-18-13/h4-5,8,12,17H,6-7,9-11H2,1-3H3. The predicted octanol–water partition coefficient (Wildman–Crippen LogP) is 1.56. The van der Waals surface area contributed by atoms with Crippen molar-refractivity contribution < 1.29 is 9.52 Å². The minimum atomic E-state index is 0.0744. The zero-order chi connectivity index (χ0) is 13.2. The Morgan fingerprint density at radius 3 is 2.89 bits per heavy atom. The topological polar surface area (TPSA) is 39.9 Å². The fourth-order valence-corrected chi connectivity index (χ4v) is 2.72. The van der Waals surface area contributed by atoms with Gasteiger partial charge in [-0.2, -0.15) is 0 Å². The van der Waals surface area contributed by atoms with Gasteiger partial charge >= 0.3 is 0 Å². The molecule has 1 unspecified atom stereocenters. The van der Waals surface area contributed by atoms with E-state index in [2.05, 4.69) is 30.7 Å². The first-order valence-corrected chi connectivity index (χ1v) is 6.61. The van der Waals surface area contributed by atoms with Gasteiger partial charge in [0.15, 0.2) is 0 Å². The molecule has 2 rings (SSSR count). The molecule has 2 heterocycles. The Labute approximate surface area is 109 Å². The summed E-state index contributed by atoms with van der Waals surface area (Å²) in [6.45, 7) is 7.42. The van der Waals surface area contributed by atoms with Gasteiger partial charge in [0.25, 0.3) is 0 Å². The average Bonchev–Trinajstić information content (AvgIpc) is 2.80. The Balaban J connectivity index is 2.19. The Kier molecular flexibility index (Phi) is 4.10. The minimum Gasteiger partial charge on any atom is -0.468 e. The maximum absolute atomic E-state index is 9.67. The van der Waals surface area contributed by atoms with Crippen LogP contribution in [0, 0.1) is 0 Å². The summed E-state index contributed by atoms with van der Waals surface area (Å²) in [5.41, 5.74) is 0.0744. The van der Waals surface area contributed by atoms with Gasteiger partial charge in [-0.15, -0.1) is 0 Å². The first kappa shape index (κ1) is 13.6. The van der Waals surface area contributed by atoms with E-state index in [4.69, 9.17) is 4.42 Å². The quantitative estimate of drug-likeness (QED) is 0.886. The van der Waals surface area contributed by atoms with Crippen LogP contribution < -0.4 is 0 Å². The molecule has 0 radical (unpaired) electrons. The summed E-state index contributed by atoms with van der Waals surface area (Å²) in [7, 11) is 2.12. The maximum atomic E-state index is 9.67. The van der Waals surface area contributed by atoms with Crippen LogP contribution in [0.2, 0.25) is 0 Å². The summed E-state index contributed by atoms with van der Waals surface area (Å²) >= 11 is 0. The lowest BCUT2D eigenvalue weighted by Crippen LogP contribution is -2.51. The Bertz CT molecular complexity index is 362. The van der Waals surface area contributed by atoms with Crippen molar-refractivity contribution in [3.8, 4) is 0 Å². The zero-order valence-electron chi connectivity index (χ0n) is 11.6. The predicted molar refractivity (Wildman–Crippen MR) is 71.3 cm³/mol. The third-order valence-corrected chi connectivity index (χ3v) is 3.96. The van der Waals surface area contributed by atoms with Gasteiger partial charge in [0.1, 0.15) is 5.76 Å². The van der Waals surface area contributed by atoms with Gasteiger partial charge in [-0.1, -0.05) is 0 Å². The number of rotatable bonds is 3. The average molecular weight is 252 g/mol. The summed E-state index contributed by atoms with van der Waals surface area (Å²) in [6.07, 6.45) is 2.81. The number of furan rings is 1. The van der Waals surface area contributed by atoms with Gasteiger partial charge in [-0.05, 0) is 46.0 Å².